The average Bonchev–Trinajstić information content (AvgIpc) is 2.68. The zero-order valence-corrected chi connectivity index (χ0v) is 10.1. The summed E-state index contributed by atoms with van der Waals surface area (Å²) in [6.07, 6.45) is 2.14. The smallest absolute Gasteiger partial charge is 0.221 e. The van der Waals surface area contributed by atoms with Crippen LogP contribution in [0.4, 0.5) is 0 Å². The predicted octanol–water partition coefficient (Wildman–Crippen LogP) is 1.84. The summed E-state index contributed by atoms with van der Waals surface area (Å²) >= 11 is 0. The van der Waals surface area contributed by atoms with Crippen molar-refractivity contribution in [2.45, 2.75) is 39.3 Å². The van der Waals surface area contributed by atoms with E-state index in [9.17, 15) is 4.79 Å². The molecule has 1 aromatic heterocycles. The Hall–Kier alpha value is -1.29. The first-order chi connectivity index (χ1) is 7.59. The van der Waals surface area contributed by atoms with E-state index in [2.05, 4.69) is 10.6 Å². The molecule has 0 aliphatic carbocycles. The molecule has 0 aliphatic rings. The fourth-order valence-electron chi connectivity index (χ4n) is 1.43. The fourth-order valence-corrected chi connectivity index (χ4v) is 1.43. The molecule has 1 aromatic rings. The van der Waals surface area contributed by atoms with Crippen LogP contribution in [0.15, 0.2) is 22.8 Å². The number of nitrogens with one attached hydrogen (secondary N) is 2. The van der Waals surface area contributed by atoms with E-state index in [0.717, 1.165) is 5.76 Å². The van der Waals surface area contributed by atoms with Gasteiger partial charge in [-0.05, 0) is 32.9 Å². The van der Waals surface area contributed by atoms with Gasteiger partial charge in [-0.2, -0.15) is 0 Å². The van der Waals surface area contributed by atoms with Crippen molar-refractivity contribution >= 4 is 5.91 Å². The maximum Gasteiger partial charge on any atom is 0.221 e. The van der Waals surface area contributed by atoms with Crippen LogP contribution in [0.2, 0.25) is 0 Å². The zero-order valence-electron chi connectivity index (χ0n) is 10.1. The van der Waals surface area contributed by atoms with Crippen molar-refractivity contribution in [1.82, 2.24) is 10.6 Å². The van der Waals surface area contributed by atoms with Crippen LogP contribution in [0.25, 0.3) is 0 Å². The summed E-state index contributed by atoms with van der Waals surface area (Å²) in [7, 11) is 0. The molecule has 0 radical (unpaired) electrons. The molecule has 16 heavy (non-hydrogen) atoms. The Kier molecular flexibility index (Phi) is 5.05. The lowest BCUT2D eigenvalue weighted by molar-refractivity contribution is -0.121. The average molecular weight is 224 g/mol. The Balaban J connectivity index is 2.18. The van der Waals surface area contributed by atoms with Gasteiger partial charge in [0.05, 0.1) is 12.3 Å². The van der Waals surface area contributed by atoms with E-state index in [1.165, 1.54) is 0 Å². The quantitative estimate of drug-likeness (QED) is 0.775. The molecule has 0 unspecified atom stereocenters. The van der Waals surface area contributed by atoms with Crippen LogP contribution in [0.5, 0.6) is 0 Å². The molecular formula is C12H20N2O2. The van der Waals surface area contributed by atoms with Crippen molar-refractivity contribution in [3.63, 3.8) is 0 Å². The Labute approximate surface area is 96.4 Å². The second-order valence-electron chi connectivity index (χ2n) is 4.16. The summed E-state index contributed by atoms with van der Waals surface area (Å²) in [4.78, 5) is 11.3. The lowest BCUT2D eigenvalue weighted by Crippen LogP contribution is -2.33. The first-order valence-electron chi connectivity index (χ1n) is 5.65. The van der Waals surface area contributed by atoms with Gasteiger partial charge in [-0.15, -0.1) is 0 Å². The third kappa shape index (κ3) is 4.49. The number of carbonyl (C=O) groups excluding carboxylic acids is 1. The van der Waals surface area contributed by atoms with Crippen LogP contribution in [0.3, 0.4) is 0 Å². The normalized spacial score (nSPS) is 12.8. The summed E-state index contributed by atoms with van der Waals surface area (Å²) in [6.45, 7) is 6.58. The summed E-state index contributed by atoms with van der Waals surface area (Å²) in [5.41, 5.74) is 0. The lowest BCUT2D eigenvalue weighted by Gasteiger charge is -2.12. The van der Waals surface area contributed by atoms with Gasteiger partial charge < -0.3 is 15.1 Å². The Morgan fingerprint density at radius 2 is 2.19 bits per heavy atom. The van der Waals surface area contributed by atoms with Crippen LogP contribution in [-0.4, -0.2) is 18.5 Å². The first-order valence-corrected chi connectivity index (χ1v) is 5.65. The third-order valence-electron chi connectivity index (χ3n) is 2.22. The van der Waals surface area contributed by atoms with E-state index in [-0.39, 0.29) is 18.0 Å². The summed E-state index contributed by atoms with van der Waals surface area (Å²) in [5, 5.41) is 6.08. The largest absolute Gasteiger partial charge is 0.468 e. The topological polar surface area (TPSA) is 54.3 Å². The van der Waals surface area contributed by atoms with E-state index in [1.54, 1.807) is 6.26 Å². The number of hydrogen-bond acceptors (Lipinski definition) is 3. The third-order valence-corrected chi connectivity index (χ3v) is 2.22. The highest BCUT2D eigenvalue weighted by molar-refractivity contribution is 5.76. The molecule has 0 spiro atoms. The van der Waals surface area contributed by atoms with E-state index >= 15 is 0 Å². The molecule has 2 N–H and O–H groups in total. The van der Waals surface area contributed by atoms with Gasteiger partial charge in [0.1, 0.15) is 5.76 Å². The highest BCUT2D eigenvalue weighted by atomic mass is 16.3. The van der Waals surface area contributed by atoms with Crippen LogP contribution >= 0.6 is 0 Å². The molecule has 0 bridgehead atoms. The molecule has 4 heteroatoms. The number of hydrogen-bond donors (Lipinski definition) is 2. The molecule has 4 nitrogen and oxygen atoms in total. The van der Waals surface area contributed by atoms with Crippen molar-refractivity contribution in [1.29, 1.82) is 0 Å². The fraction of sp³-hybridized carbons (Fsp3) is 0.583. The second-order valence-corrected chi connectivity index (χ2v) is 4.16. The van der Waals surface area contributed by atoms with Gasteiger partial charge in [0.25, 0.3) is 0 Å². The van der Waals surface area contributed by atoms with E-state index in [0.29, 0.717) is 13.0 Å². The lowest BCUT2D eigenvalue weighted by atomic mass is 10.2. The van der Waals surface area contributed by atoms with Gasteiger partial charge in [-0.3, -0.25) is 4.79 Å². The van der Waals surface area contributed by atoms with Crippen molar-refractivity contribution in [3.8, 4) is 0 Å². The van der Waals surface area contributed by atoms with Gasteiger partial charge in [0.2, 0.25) is 5.91 Å². The Morgan fingerprint density at radius 1 is 1.44 bits per heavy atom. The second kappa shape index (κ2) is 6.33. The van der Waals surface area contributed by atoms with E-state index in [4.69, 9.17) is 4.42 Å². The molecule has 90 valence electrons. The molecule has 0 fully saturated rings. The molecule has 1 amide bonds. The summed E-state index contributed by atoms with van der Waals surface area (Å²) < 4.78 is 5.25. The molecule has 1 atom stereocenters. The molecule has 0 saturated heterocycles. The maximum absolute atomic E-state index is 11.3. The molecular weight excluding hydrogens is 204 g/mol. The molecule has 1 heterocycles. The molecule has 1 rings (SSSR count). The molecule has 0 saturated carbocycles. The predicted molar refractivity (Wildman–Crippen MR) is 63.0 cm³/mol. The van der Waals surface area contributed by atoms with Crippen molar-refractivity contribution < 1.29 is 9.21 Å². The molecule has 0 aliphatic heterocycles. The zero-order chi connectivity index (χ0) is 12.0. The SMILES string of the molecule is CC(C)NC(=O)CCN[C@H](C)c1ccco1. The van der Waals surface area contributed by atoms with E-state index < -0.39 is 0 Å². The Bertz CT molecular complexity index is 307. The molecule has 0 aromatic carbocycles. The minimum Gasteiger partial charge on any atom is -0.468 e. The maximum atomic E-state index is 11.3. The van der Waals surface area contributed by atoms with Crippen molar-refractivity contribution in [2.24, 2.45) is 0 Å². The minimum atomic E-state index is 0.0779. The number of carbonyl (C=O) groups is 1. The first kappa shape index (κ1) is 12.8. The van der Waals surface area contributed by atoms with Gasteiger partial charge in [0.15, 0.2) is 0 Å². The van der Waals surface area contributed by atoms with Gasteiger partial charge >= 0.3 is 0 Å². The summed E-state index contributed by atoms with van der Waals surface area (Å²) in [6, 6.07) is 4.13. The minimum absolute atomic E-state index is 0.0779. The monoisotopic (exact) mass is 224 g/mol. The van der Waals surface area contributed by atoms with Crippen LogP contribution in [0, 0.1) is 0 Å². The van der Waals surface area contributed by atoms with Crippen LogP contribution in [-0.2, 0) is 4.79 Å². The van der Waals surface area contributed by atoms with Gasteiger partial charge in [-0.1, -0.05) is 0 Å². The van der Waals surface area contributed by atoms with Gasteiger partial charge in [0, 0.05) is 19.0 Å². The number of amides is 1. The van der Waals surface area contributed by atoms with Crippen molar-refractivity contribution in [2.75, 3.05) is 6.54 Å². The number of rotatable bonds is 6. The number of furan rings is 1. The highest BCUT2D eigenvalue weighted by Crippen LogP contribution is 2.11. The van der Waals surface area contributed by atoms with Crippen LogP contribution in [0.1, 0.15) is 39.0 Å². The summed E-state index contributed by atoms with van der Waals surface area (Å²) in [5.74, 6) is 0.971. The van der Waals surface area contributed by atoms with Gasteiger partial charge in [-0.25, -0.2) is 0 Å². The Morgan fingerprint density at radius 3 is 2.75 bits per heavy atom. The van der Waals surface area contributed by atoms with E-state index in [1.807, 2.05) is 32.9 Å². The van der Waals surface area contributed by atoms with Crippen LogP contribution < -0.4 is 10.6 Å². The van der Waals surface area contributed by atoms with Crippen molar-refractivity contribution in [3.05, 3.63) is 24.2 Å². The standard InChI is InChI=1S/C12H20N2O2/c1-9(2)14-12(15)6-7-13-10(3)11-5-4-8-16-11/h4-5,8-10,13H,6-7H2,1-3H3,(H,14,15)/t10-/m1/s1. The highest BCUT2D eigenvalue weighted by Gasteiger charge is 2.08.